The van der Waals surface area contributed by atoms with Crippen molar-refractivity contribution in [3.63, 3.8) is 0 Å². The van der Waals surface area contributed by atoms with Crippen LogP contribution in [0.15, 0.2) is 60.7 Å². The van der Waals surface area contributed by atoms with Crippen LogP contribution in [0.4, 0.5) is 11.4 Å². The van der Waals surface area contributed by atoms with Crippen LogP contribution < -0.4 is 4.90 Å². The molecule has 110 valence electrons. The van der Waals surface area contributed by atoms with Crippen molar-refractivity contribution in [1.82, 2.24) is 4.98 Å². The zero-order chi connectivity index (χ0) is 15.6. The molecule has 1 aliphatic rings. The van der Waals surface area contributed by atoms with Gasteiger partial charge in [-0.1, -0.05) is 48.5 Å². The zero-order valence-electron chi connectivity index (χ0n) is 12.6. The number of carbonyl (C=O) groups excluding carboxylic acids is 1. The summed E-state index contributed by atoms with van der Waals surface area (Å²) >= 11 is 0. The number of rotatable bonds is 0. The first-order valence-electron chi connectivity index (χ1n) is 7.69. The van der Waals surface area contributed by atoms with Crippen molar-refractivity contribution in [1.29, 1.82) is 0 Å². The number of nitrogens with zero attached hydrogens (tertiary/aromatic N) is 1. The Labute approximate surface area is 133 Å². The van der Waals surface area contributed by atoms with E-state index < -0.39 is 0 Å². The van der Waals surface area contributed by atoms with E-state index in [0.29, 0.717) is 0 Å². The number of H-pyrrole nitrogens is 1. The van der Waals surface area contributed by atoms with Gasteiger partial charge >= 0.3 is 0 Å². The third-order valence-electron chi connectivity index (χ3n) is 4.61. The first-order chi connectivity index (χ1) is 11.3. The molecule has 0 unspecified atom stereocenters. The van der Waals surface area contributed by atoms with Gasteiger partial charge in [0.25, 0.3) is 0 Å². The number of fused-ring (bicyclic) bond motifs is 4. The van der Waals surface area contributed by atoms with Gasteiger partial charge in [0.15, 0.2) is 0 Å². The maximum Gasteiger partial charge on any atom is 0.228 e. The van der Waals surface area contributed by atoms with Gasteiger partial charge in [0.05, 0.1) is 17.1 Å². The van der Waals surface area contributed by atoms with Gasteiger partial charge in [-0.25, -0.2) is 0 Å². The largest absolute Gasteiger partial charge is 0.353 e. The summed E-state index contributed by atoms with van der Waals surface area (Å²) in [6, 6.07) is 20.5. The second kappa shape index (κ2) is 4.23. The summed E-state index contributed by atoms with van der Waals surface area (Å²) in [5.74, 6) is 0.0259. The Morgan fingerprint density at radius 3 is 2.57 bits per heavy atom. The smallest absolute Gasteiger partial charge is 0.228 e. The summed E-state index contributed by atoms with van der Waals surface area (Å²) in [5.41, 5.74) is 5.14. The number of aromatic nitrogens is 1. The number of carbonyl (C=O) groups is 1. The Morgan fingerprint density at radius 2 is 1.74 bits per heavy atom. The first-order valence-corrected chi connectivity index (χ1v) is 7.69. The lowest BCUT2D eigenvalue weighted by Crippen LogP contribution is -2.25. The molecule has 1 aromatic heterocycles. The van der Waals surface area contributed by atoms with Crippen molar-refractivity contribution >= 4 is 39.0 Å². The summed E-state index contributed by atoms with van der Waals surface area (Å²) in [4.78, 5) is 17.8. The molecule has 0 radical (unpaired) electrons. The topological polar surface area (TPSA) is 36.1 Å². The SMILES string of the molecule is CC(=O)N1c2c([nH]c3ccccc23)-c2cccc3cccc1c23. The van der Waals surface area contributed by atoms with Gasteiger partial charge in [-0.15, -0.1) is 0 Å². The number of amides is 1. The van der Waals surface area contributed by atoms with Crippen molar-refractivity contribution in [3.05, 3.63) is 60.7 Å². The number of aromatic amines is 1. The number of benzene rings is 3. The highest BCUT2D eigenvalue weighted by atomic mass is 16.2. The first kappa shape index (κ1) is 12.5. The molecule has 0 spiro atoms. The normalized spacial score (nSPS) is 12.7. The summed E-state index contributed by atoms with van der Waals surface area (Å²) in [5, 5.41) is 3.35. The van der Waals surface area contributed by atoms with Crippen LogP contribution in [0.1, 0.15) is 6.92 Å². The fraction of sp³-hybridized carbons (Fsp3) is 0.0500. The van der Waals surface area contributed by atoms with Crippen molar-refractivity contribution in [2.75, 3.05) is 4.90 Å². The molecule has 2 heterocycles. The third kappa shape index (κ3) is 1.51. The second-order valence-electron chi connectivity index (χ2n) is 5.93. The molecule has 1 N–H and O–H groups in total. The molecule has 3 heteroatoms. The fourth-order valence-corrected chi connectivity index (χ4v) is 3.72. The van der Waals surface area contributed by atoms with Crippen LogP contribution in [-0.4, -0.2) is 10.9 Å². The molecule has 0 bridgehead atoms. The maximum absolute atomic E-state index is 12.5. The molecule has 1 aliphatic heterocycles. The summed E-state index contributed by atoms with van der Waals surface area (Å²) in [6.07, 6.45) is 0. The molecular weight excluding hydrogens is 284 g/mol. The van der Waals surface area contributed by atoms with Crippen LogP contribution in [0.25, 0.3) is 32.9 Å². The fourth-order valence-electron chi connectivity index (χ4n) is 3.72. The standard InChI is InChI=1S/C20H14N2O/c1-12(23)22-17-11-5-7-13-6-4-9-15(18(13)17)19-20(22)14-8-2-3-10-16(14)21-19/h2-11,21H,1H3. The van der Waals surface area contributed by atoms with E-state index in [1.165, 1.54) is 0 Å². The molecule has 4 aromatic rings. The molecule has 3 nitrogen and oxygen atoms in total. The van der Waals surface area contributed by atoms with E-state index in [9.17, 15) is 4.79 Å². The van der Waals surface area contributed by atoms with Crippen LogP contribution in [0, 0.1) is 0 Å². The average Bonchev–Trinajstić information content (AvgIpc) is 2.95. The molecule has 1 amide bonds. The van der Waals surface area contributed by atoms with Gasteiger partial charge in [0.1, 0.15) is 0 Å². The highest BCUT2D eigenvalue weighted by Crippen LogP contribution is 2.50. The van der Waals surface area contributed by atoms with Crippen molar-refractivity contribution in [3.8, 4) is 11.3 Å². The van der Waals surface area contributed by atoms with E-state index in [4.69, 9.17) is 0 Å². The van der Waals surface area contributed by atoms with Gasteiger partial charge in [-0.3, -0.25) is 9.69 Å². The maximum atomic E-state index is 12.5. The lowest BCUT2D eigenvalue weighted by Gasteiger charge is -2.29. The summed E-state index contributed by atoms with van der Waals surface area (Å²) in [7, 11) is 0. The molecule has 0 saturated carbocycles. The van der Waals surface area contributed by atoms with Crippen LogP contribution in [0.2, 0.25) is 0 Å². The van der Waals surface area contributed by atoms with Crippen LogP contribution in [0.3, 0.4) is 0 Å². The van der Waals surface area contributed by atoms with Crippen LogP contribution >= 0.6 is 0 Å². The Kier molecular flexibility index (Phi) is 2.29. The van der Waals surface area contributed by atoms with E-state index in [1.54, 1.807) is 6.92 Å². The Bertz CT molecular complexity index is 1100. The minimum Gasteiger partial charge on any atom is -0.353 e. The van der Waals surface area contributed by atoms with Gasteiger partial charge in [-0.2, -0.15) is 0 Å². The lowest BCUT2D eigenvalue weighted by atomic mass is 9.94. The predicted molar refractivity (Wildman–Crippen MR) is 94.1 cm³/mol. The van der Waals surface area contributed by atoms with Gasteiger partial charge in [0.2, 0.25) is 5.91 Å². The van der Waals surface area contributed by atoms with Gasteiger partial charge in [0, 0.05) is 28.8 Å². The van der Waals surface area contributed by atoms with E-state index in [1.807, 2.05) is 29.2 Å². The zero-order valence-corrected chi connectivity index (χ0v) is 12.6. The molecular formula is C20H14N2O. The number of para-hydroxylation sites is 1. The minimum atomic E-state index is 0.0259. The second-order valence-corrected chi connectivity index (χ2v) is 5.93. The van der Waals surface area contributed by atoms with Crippen LogP contribution in [-0.2, 0) is 4.79 Å². The lowest BCUT2D eigenvalue weighted by molar-refractivity contribution is -0.115. The Hall–Kier alpha value is -3.07. The number of hydrogen-bond acceptors (Lipinski definition) is 1. The molecule has 0 fully saturated rings. The van der Waals surface area contributed by atoms with Crippen molar-refractivity contribution in [2.45, 2.75) is 6.92 Å². The average molecular weight is 298 g/mol. The molecule has 3 aromatic carbocycles. The number of nitrogens with one attached hydrogen (secondary N) is 1. The van der Waals surface area contributed by atoms with E-state index in [0.717, 1.165) is 44.3 Å². The predicted octanol–water partition coefficient (Wildman–Crippen LogP) is 4.99. The van der Waals surface area contributed by atoms with Gasteiger partial charge < -0.3 is 4.98 Å². The molecule has 0 saturated heterocycles. The molecule has 0 aliphatic carbocycles. The molecule has 23 heavy (non-hydrogen) atoms. The quantitative estimate of drug-likeness (QED) is 0.488. The third-order valence-corrected chi connectivity index (χ3v) is 4.61. The molecule has 5 rings (SSSR count). The van der Waals surface area contributed by atoms with E-state index >= 15 is 0 Å². The van der Waals surface area contributed by atoms with Crippen molar-refractivity contribution < 1.29 is 4.79 Å². The summed E-state index contributed by atoms with van der Waals surface area (Å²) in [6.45, 7) is 1.62. The monoisotopic (exact) mass is 298 g/mol. The van der Waals surface area contributed by atoms with Crippen LogP contribution in [0.5, 0.6) is 0 Å². The Balaban J connectivity index is 2.04. The minimum absolute atomic E-state index is 0.0259. The summed E-state index contributed by atoms with van der Waals surface area (Å²) < 4.78 is 0. The van der Waals surface area contributed by atoms with E-state index in [2.05, 4.69) is 41.4 Å². The Morgan fingerprint density at radius 1 is 0.957 bits per heavy atom. The van der Waals surface area contributed by atoms with Crippen molar-refractivity contribution in [2.24, 2.45) is 0 Å². The molecule has 0 atom stereocenters. The highest BCUT2D eigenvalue weighted by molar-refractivity contribution is 6.23. The highest BCUT2D eigenvalue weighted by Gasteiger charge is 2.30. The number of hydrogen-bond donors (Lipinski definition) is 1. The number of anilines is 2. The van der Waals surface area contributed by atoms with E-state index in [-0.39, 0.29) is 5.91 Å². The van der Waals surface area contributed by atoms with Gasteiger partial charge in [-0.05, 0) is 17.5 Å².